The van der Waals surface area contributed by atoms with E-state index in [2.05, 4.69) is 22.0 Å². The molecule has 1 aliphatic rings. The van der Waals surface area contributed by atoms with Gasteiger partial charge in [0, 0.05) is 23.0 Å². The van der Waals surface area contributed by atoms with Crippen LogP contribution in [0, 0.1) is 19.8 Å². The molecule has 0 radical (unpaired) electrons. The van der Waals surface area contributed by atoms with Gasteiger partial charge in [0.25, 0.3) is 0 Å². The second-order valence-electron chi connectivity index (χ2n) is 6.62. The van der Waals surface area contributed by atoms with Crippen molar-refractivity contribution < 1.29 is 9.59 Å². The molecule has 2 amide bonds. The quantitative estimate of drug-likeness (QED) is 0.753. The molecule has 0 spiro atoms. The van der Waals surface area contributed by atoms with Gasteiger partial charge >= 0.3 is 0 Å². The highest BCUT2D eigenvalue weighted by atomic mass is 16.2. The van der Waals surface area contributed by atoms with Crippen molar-refractivity contribution in [2.75, 3.05) is 22.5 Å². The molecule has 1 aliphatic carbocycles. The number of aryl methyl sites for hydroxylation is 2. The summed E-state index contributed by atoms with van der Waals surface area (Å²) in [6.45, 7) is 4.19. The summed E-state index contributed by atoms with van der Waals surface area (Å²) in [4.78, 5) is 23.8. The average Bonchev–Trinajstić information content (AvgIpc) is 3.38. The molecule has 0 saturated heterocycles. The minimum absolute atomic E-state index is 0.0912. The molecule has 0 unspecified atom stereocenters. The topological polar surface area (TPSA) is 70.2 Å². The molecule has 5 heteroatoms. The third kappa shape index (κ3) is 5.08. The Morgan fingerprint density at radius 1 is 0.880 bits per heavy atom. The highest BCUT2D eigenvalue weighted by Gasteiger charge is 2.29. The first kappa shape index (κ1) is 17.0. The maximum atomic E-state index is 12.1. The molecule has 0 bridgehead atoms. The lowest BCUT2D eigenvalue weighted by Gasteiger charge is -2.10. The van der Waals surface area contributed by atoms with Crippen molar-refractivity contribution in [3.63, 3.8) is 0 Å². The van der Waals surface area contributed by atoms with Gasteiger partial charge in [-0.3, -0.25) is 9.59 Å². The molecule has 0 aliphatic heterocycles. The Bertz CT molecular complexity index is 760. The van der Waals surface area contributed by atoms with Gasteiger partial charge in [0.2, 0.25) is 11.8 Å². The number of rotatable bonds is 6. The third-order valence-corrected chi connectivity index (χ3v) is 4.06. The van der Waals surface area contributed by atoms with Gasteiger partial charge in [-0.1, -0.05) is 6.07 Å². The first-order valence-corrected chi connectivity index (χ1v) is 8.52. The lowest BCUT2D eigenvalue weighted by molar-refractivity contribution is -0.117. The Kier molecular flexibility index (Phi) is 5.03. The van der Waals surface area contributed by atoms with Crippen molar-refractivity contribution in [1.29, 1.82) is 0 Å². The van der Waals surface area contributed by atoms with E-state index in [1.165, 1.54) is 0 Å². The molecule has 0 atom stereocenters. The fourth-order valence-corrected chi connectivity index (χ4v) is 2.70. The van der Waals surface area contributed by atoms with Crippen LogP contribution in [0.4, 0.5) is 17.1 Å². The van der Waals surface area contributed by atoms with Gasteiger partial charge in [-0.2, -0.15) is 0 Å². The molecule has 2 aromatic carbocycles. The van der Waals surface area contributed by atoms with E-state index >= 15 is 0 Å². The number of carbonyl (C=O) groups is 2. The van der Waals surface area contributed by atoms with Crippen molar-refractivity contribution in [2.45, 2.75) is 26.7 Å². The lowest BCUT2D eigenvalue weighted by atomic mass is 10.1. The predicted molar refractivity (Wildman–Crippen MR) is 101 cm³/mol. The molecule has 1 saturated carbocycles. The van der Waals surface area contributed by atoms with Crippen LogP contribution in [-0.4, -0.2) is 18.4 Å². The van der Waals surface area contributed by atoms with Crippen LogP contribution in [0.25, 0.3) is 0 Å². The second-order valence-corrected chi connectivity index (χ2v) is 6.62. The molecular weight excluding hydrogens is 314 g/mol. The Hall–Kier alpha value is -2.82. The minimum atomic E-state index is -0.101. The highest BCUT2D eigenvalue weighted by molar-refractivity contribution is 5.95. The molecule has 0 heterocycles. The van der Waals surface area contributed by atoms with Crippen LogP contribution in [0.15, 0.2) is 42.5 Å². The molecule has 5 nitrogen and oxygen atoms in total. The van der Waals surface area contributed by atoms with Crippen LogP contribution in [0.1, 0.15) is 24.0 Å². The van der Waals surface area contributed by atoms with Crippen molar-refractivity contribution in [1.82, 2.24) is 0 Å². The van der Waals surface area contributed by atoms with Crippen LogP contribution in [-0.2, 0) is 9.59 Å². The molecule has 2 aromatic rings. The first-order valence-electron chi connectivity index (χ1n) is 8.52. The molecule has 130 valence electrons. The zero-order chi connectivity index (χ0) is 17.8. The standard InChI is InChI=1S/C20H23N3O2/c1-13-9-14(2)11-18(10-13)22-19(24)12-21-16-5-7-17(8-6-16)23-20(25)15-3-4-15/h5-11,15,21H,3-4,12H2,1-2H3,(H,22,24)(H,23,25). The van der Waals surface area contributed by atoms with E-state index in [1.54, 1.807) is 0 Å². The Morgan fingerprint density at radius 3 is 2.08 bits per heavy atom. The monoisotopic (exact) mass is 337 g/mol. The summed E-state index contributed by atoms with van der Waals surface area (Å²) >= 11 is 0. The molecule has 3 rings (SSSR count). The largest absolute Gasteiger partial charge is 0.376 e. The van der Waals surface area contributed by atoms with E-state index in [4.69, 9.17) is 0 Å². The maximum Gasteiger partial charge on any atom is 0.243 e. The second kappa shape index (κ2) is 7.38. The van der Waals surface area contributed by atoms with Crippen LogP contribution < -0.4 is 16.0 Å². The van der Waals surface area contributed by atoms with Gasteiger partial charge in [0.15, 0.2) is 0 Å². The Balaban J connectivity index is 1.48. The fraction of sp³-hybridized carbons (Fsp3) is 0.300. The number of anilines is 3. The number of nitrogens with one attached hydrogen (secondary N) is 3. The lowest BCUT2D eigenvalue weighted by Crippen LogP contribution is -2.21. The van der Waals surface area contributed by atoms with Crippen molar-refractivity contribution in [3.05, 3.63) is 53.6 Å². The van der Waals surface area contributed by atoms with E-state index in [0.717, 1.165) is 41.0 Å². The first-order chi connectivity index (χ1) is 12.0. The predicted octanol–water partition coefficient (Wildman–Crippen LogP) is 3.70. The van der Waals surface area contributed by atoms with E-state index < -0.39 is 0 Å². The van der Waals surface area contributed by atoms with E-state index in [9.17, 15) is 9.59 Å². The maximum absolute atomic E-state index is 12.1. The molecule has 1 fully saturated rings. The van der Waals surface area contributed by atoms with Gasteiger partial charge in [-0.25, -0.2) is 0 Å². The number of amides is 2. The number of benzene rings is 2. The Labute approximate surface area is 147 Å². The van der Waals surface area contributed by atoms with E-state index in [1.807, 2.05) is 50.2 Å². The van der Waals surface area contributed by atoms with Crippen LogP contribution in [0.5, 0.6) is 0 Å². The highest BCUT2D eigenvalue weighted by Crippen LogP contribution is 2.30. The van der Waals surface area contributed by atoms with Gasteiger partial charge in [-0.15, -0.1) is 0 Å². The van der Waals surface area contributed by atoms with Gasteiger partial charge in [0.05, 0.1) is 6.54 Å². The summed E-state index contributed by atoms with van der Waals surface area (Å²) in [5.74, 6) is 0.177. The minimum Gasteiger partial charge on any atom is -0.376 e. The van der Waals surface area contributed by atoms with Gasteiger partial charge < -0.3 is 16.0 Å². The summed E-state index contributed by atoms with van der Waals surface area (Å²) in [6, 6.07) is 13.3. The smallest absolute Gasteiger partial charge is 0.243 e. The number of hydrogen-bond acceptors (Lipinski definition) is 3. The van der Waals surface area contributed by atoms with Crippen LogP contribution in [0.3, 0.4) is 0 Å². The number of carbonyl (C=O) groups excluding carboxylic acids is 2. The SMILES string of the molecule is Cc1cc(C)cc(NC(=O)CNc2ccc(NC(=O)C3CC3)cc2)c1. The van der Waals surface area contributed by atoms with Crippen LogP contribution >= 0.6 is 0 Å². The summed E-state index contributed by atoms with van der Waals surface area (Å²) in [5.41, 5.74) is 4.66. The van der Waals surface area contributed by atoms with E-state index in [0.29, 0.717) is 0 Å². The van der Waals surface area contributed by atoms with Crippen molar-refractivity contribution in [3.8, 4) is 0 Å². The third-order valence-electron chi connectivity index (χ3n) is 4.06. The summed E-state index contributed by atoms with van der Waals surface area (Å²) < 4.78 is 0. The van der Waals surface area contributed by atoms with Crippen molar-refractivity contribution >= 4 is 28.9 Å². The fourth-order valence-electron chi connectivity index (χ4n) is 2.70. The van der Waals surface area contributed by atoms with Crippen molar-refractivity contribution in [2.24, 2.45) is 5.92 Å². The van der Waals surface area contributed by atoms with Crippen LogP contribution in [0.2, 0.25) is 0 Å². The van der Waals surface area contributed by atoms with Gasteiger partial charge in [0.1, 0.15) is 0 Å². The summed E-state index contributed by atoms with van der Waals surface area (Å²) in [6.07, 6.45) is 1.97. The molecule has 3 N–H and O–H groups in total. The molecular formula is C20H23N3O2. The normalized spacial score (nSPS) is 13.2. The zero-order valence-corrected chi connectivity index (χ0v) is 14.6. The molecule has 0 aromatic heterocycles. The van der Waals surface area contributed by atoms with Gasteiger partial charge in [-0.05, 0) is 74.2 Å². The summed E-state index contributed by atoms with van der Waals surface area (Å²) in [5, 5.41) is 8.87. The Morgan fingerprint density at radius 2 is 1.48 bits per heavy atom. The van der Waals surface area contributed by atoms with E-state index in [-0.39, 0.29) is 24.3 Å². The molecule has 25 heavy (non-hydrogen) atoms. The number of hydrogen-bond donors (Lipinski definition) is 3. The summed E-state index contributed by atoms with van der Waals surface area (Å²) in [7, 11) is 0. The zero-order valence-electron chi connectivity index (χ0n) is 14.6. The average molecular weight is 337 g/mol.